The van der Waals surface area contributed by atoms with Gasteiger partial charge in [-0.05, 0) is 11.0 Å². The van der Waals surface area contributed by atoms with Gasteiger partial charge < -0.3 is 24.8 Å². The molecule has 0 aliphatic heterocycles. The Balaban J connectivity index is 0. The number of rotatable bonds is 3. The van der Waals surface area contributed by atoms with Gasteiger partial charge >= 0.3 is 115 Å². The van der Waals surface area contributed by atoms with Crippen molar-refractivity contribution >= 4 is 16.7 Å². The van der Waals surface area contributed by atoms with E-state index in [9.17, 15) is 0 Å². The number of hydrogen-bond acceptors (Lipinski definition) is 1. The summed E-state index contributed by atoms with van der Waals surface area (Å²) in [7, 11) is 0. The van der Waals surface area contributed by atoms with Crippen molar-refractivity contribution in [3.8, 4) is 0 Å². The average molecular weight is 383 g/mol. The topological polar surface area (TPSA) is 17.0 Å². The predicted molar refractivity (Wildman–Crippen MR) is 87.4 cm³/mol. The number of nitrogens with zero attached hydrogens (tertiary/aromatic N) is 1. The van der Waals surface area contributed by atoms with E-state index in [1.54, 1.807) is 3.88 Å². The monoisotopic (exact) mass is 382 g/mol. The van der Waals surface area contributed by atoms with Crippen molar-refractivity contribution in [2.24, 2.45) is 0 Å². The first-order chi connectivity index (χ1) is 8.28. The van der Waals surface area contributed by atoms with Crippen LogP contribution >= 0.6 is 0 Å². The van der Waals surface area contributed by atoms with E-state index in [0.717, 1.165) is 6.42 Å². The summed E-state index contributed by atoms with van der Waals surface area (Å²) in [6, 6.07) is 4.15. The Morgan fingerprint density at radius 3 is 2.10 bits per heavy atom. The molecule has 0 fully saturated rings. The molecule has 0 amide bonds. The van der Waals surface area contributed by atoms with Crippen molar-refractivity contribution in [2.75, 3.05) is 0 Å². The van der Waals surface area contributed by atoms with Crippen molar-refractivity contribution in [3.63, 3.8) is 0 Å². The van der Waals surface area contributed by atoms with Crippen LogP contribution in [-0.2, 0) is 16.8 Å². The second-order valence-corrected chi connectivity index (χ2v) is 13.1. The van der Waals surface area contributed by atoms with E-state index in [0.29, 0.717) is 0 Å². The van der Waals surface area contributed by atoms with Crippen LogP contribution in [0.3, 0.4) is 0 Å². The first-order valence-electron chi connectivity index (χ1n) is 6.62. The van der Waals surface area contributed by atoms with E-state index in [1.807, 2.05) is 0 Å². The van der Waals surface area contributed by atoms with Crippen LogP contribution in [0.25, 0.3) is 5.70 Å². The van der Waals surface area contributed by atoms with E-state index in [2.05, 4.69) is 76.3 Å². The van der Waals surface area contributed by atoms with Crippen molar-refractivity contribution in [3.05, 3.63) is 40.6 Å². The van der Waals surface area contributed by atoms with Gasteiger partial charge in [-0.15, -0.1) is 0 Å². The molecule has 1 heterocycles. The van der Waals surface area contributed by atoms with Gasteiger partial charge in [-0.2, -0.15) is 0 Å². The molecule has 0 aromatic carbocycles. The van der Waals surface area contributed by atoms with Gasteiger partial charge in [-0.3, -0.25) is 0 Å². The normalized spacial score (nSPS) is 13.6. The molecular formula is C15H28Cl2N2SiTi. The molecule has 0 saturated heterocycles. The van der Waals surface area contributed by atoms with E-state index in [1.165, 1.54) is 5.70 Å². The van der Waals surface area contributed by atoms with Gasteiger partial charge in [-0.25, -0.2) is 0 Å². The van der Waals surface area contributed by atoms with Crippen LogP contribution in [0.5, 0.6) is 0 Å². The number of aromatic nitrogens is 1. The van der Waals surface area contributed by atoms with Crippen LogP contribution in [0, 0.1) is 0 Å². The standard InChI is InChI=1S/C9H8N.C4H10N.2CH3.2ClH.H4Si.Ti/c1-2-6-9(5-1)10-7-3-4-8-10;1-4(2,3)5;;;;;;/h3-8H,1H2;5H,1-3H3;2*1H3;2*1H;1H4;/q;-1;;;;;;+3/p-2. The van der Waals surface area contributed by atoms with Crippen molar-refractivity contribution in [1.29, 1.82) is 0 Å². The molecule has 0 bridgehead atoms. The van der Waals surface area contributed by atoms with Crippen LogP contribution in [0.1, 0.15) is 27.2 Å². The van der Waals surface area contributed by atoms with Crippen molar-refractivity contribution in [2.45, 2.75) is 43.2 Å². The molecule has 21 heavy (non-hydrogen) atoms. The molecule has 6 heteroatoms. The molecule has 0 spiro atoms. The summed E-state index contributed by atoms with van der Waals surface area (Å²) < 4.78 is 7.71. The summed E-state index contributed by atoms with van der Waals surface area (Å²) in [4.78, 5) is 0. The zero-order valence-electron chi connectivity index (χ0n) is 12.9. The van der Waals surface area contributed by atoms with Crippen LogP contribution in [0.4, 0.5) is 0 Å². The van der Waals surface area contributed by atoms with Crippen LogP contribution in [-0.4, -0.2) is 21.1 Å². The Bertz CT molecular complexity index is 488. The fourth-order valence-corrected chi connectivity index (χ4v) is 7.58. The largest absolute Gasteiger partial charge is 1.00 e. The van der Waals surface area contributed by atoms with Gasteiger partial charge in [0.25, 0.3) is 0 Å². The summed E-state index contributed by atoms with van der Waals surface area (Å²) in [6.45, 7) is 6.78. The van der Waals surface area contributed by atoms with Gasteiger partial charge in [0.05, 0.1) is 0 Å². The minimum absolute atomic E-state index is 0. The third-order valence-electron chi connectivity index (χ3n) is 3.25. The minimum atomic E-state index is -2.06. The molecule has 1 aliphatic carbocycles. The molecule has 1 N–H and O–H groups in total. The quantitative estimate of drug-likeness (QED) is 0.543. The maximum Gasteiger partial charge on any atom is -0.0149 e. The van der Waals surface area contributed by atoms with Gasteiger partial charge in [0, 0.05) is 0 Å². The predicted octanol–water partition coefficient (Wildman–Crippen LogP) is -3.27. The van der Waals surface area contributed by atoms with Gasteiger partial charge in [0.2, 0.25) is 0 Å². The smallest absolute Gasteiger partial charge is 0.0149 e. The minimum Gasteiger partial charge on any atom is -1.00 e. The summed E-state index contributed by atoms with van der Waals surface area (Å²) in [5, 5.41) is 4.90. The maximum absolute atomic E-state index is 3.88. The van der Waals surface area contributed by atoms with E-state index >= 15 is 0 Å². The Kier molecular flexibility index (Phi) is 9.80. The Hall–Kier alpha value is 0.231. The second kappa shape index (κ2) is 8.76. The van der Waals surface area contributed by atoms with E-state index in [-0.39, 0.29) is 41.3 Å². The molecular weight excluding hydrogens is 355 g/mol. The molecule has 0 saturated carbocycles. The van der Waals surface area contributed by atoms with Crippen LogP contribution < -0.4 is 28.6 Å². The fourth-order valence-electron chi connectivity index (χ4n) is 2.65. The van der Waals surface area contributed by atoms with Crippen molar-refractivity contribution in [1.82, 2.24) is 8.37 Å². The average Bonchev–Trinajstić information content (AvgIpc) is 2.85. The first-order valence-corrected chi connectivity index (χ1v) is 11.3. The molecule has 2 rings (SSSR count). The van der Waals surface area contributed by atoms with E-state index in [4.69, 9.17) is 0 Å². The molecule has 0 atom stereocenters. The summed E-state index contributed by atoms with van der Waals surface area (Å²) >= 11 is -2.06. The SMILES string of the molecule is CC(C)(C)[NH][Ti+2]([CH3])([CH3])[C]1=CC(n2cccc2)=CC1.[Cl-].[Cl-].[SiH4]. The third-order valence-corrected chi connectivity index (χ3v) is 8.44. The van der Waals surface area contributed by atoms with Gasteiger partial charge in [0.1, 0.15) is 0 Å². The summed E-state index contributed by atoms with van der Waals surface area (Å²) in [5.74, 6) is 0. The number of allylic oxidation sites excluding steroid dienone is 4. The number of nitrogens with one attached hydrogen (secondary N) is 1. The van der Waals surface area contributed by atoms with E-state index < -0.39 is 16.8 Å². The molecule has 0 radical (unpaired) electrons. The van der Waals surface area contributed by atoms with Crippen LogP contribution in [0.2, 0.25) is 10.5 Å². The number of hydrogen-bond donors (Lipinski definition) is 1. The second-order valence-electron chi connectivity index (χ2n) is 6.59. The maximum atomic E-state index is 3.88. The van der Waals surface area contributed by atoms with Crippen molar-refractivity contribution < 1.29 is 41.7 Å². The molecule has 1 aliphatic rings. The molecule has 120 valence electrons. The molecule has 1 aromatic rings. The first kappa shape index (κ1) is 23.5. The Morgan fingerprint density at radius 2 is 1.62 bits per heavy atom. The van der Waals surface area contributed by atoms with Crippen LogP contribution in [0.15, 0.2) is 40.6 Å². The summed E-state index contributed by atoms with van der Waals surface area (Å²) in [5.41, 5.74) is 1.53. The van der Waals surface area contributed by atoms with Gasteiger partial charge in [-0.1, -0.05) is 0 Å². The third kappa shape index (κ3) is 6.47. The molecule has 0 unspecified atom stereocenters. The molecule has 2 nitrogen and oxygen atoms in total. The summed E-state index contributed by atoms with van der Waals surface area (Å²) in [6.07, 6.45) is 10.1. The van der Waals surface area contributed by atoms with Gasteiger partial charge in [0.15, 0.2) is 0 Å². The number of halogens is 2. The zero-order valence-corrected chi connectivity index (χ0v) is 15.9. The molecule has 1 aromatic heterocycles. The fraction of sp³-hybridized carbons (Fsp3) is 0.467. The Morgan fingerprint density at radius 1 is 1.10 bits per heavy atom. The Labute approximate surface area is 150 Å². The zero-order chi connectivity index (χ0) is 13.4.